The summed E-state index contributed by atoms with van der Waals surface area (Å²) >= 11 is 0. The molecule has 0 saturated heterocycles. The van der Waals surface area contributed by atoms with Gasteiger partial charge in [-0.2, -0.15) is 0 Å². The average Bonchev–Trinajstić information content (AvgIpc) is 2.85. The van der Waals surface area contributed by atoms with Gasteiger partial charge in [-0.3, -0.25) is 4.79 Å². The molecule has 22 heavy (non-hydrogen) atoms. The van der Waals surface area contributed by atoms with Crippen LogP contribution in [0.1, 0.15) is 16.8 Å². The molecular formula is C17H16N2O3. The number of fused-ring (bicyclic) bond motifs is 1. The van der Waals surface area contributed by atoms with Gasteiger partial charge in [0.25, 0.3) is 0 Å². The summed E-state index contributed by atoms with van der Waals surface area (Å²) < 4.78 is 5.22. The van der Waals surface area contributed by atoms with Gasteiger partial charge in [0, 0.05) is 5.39 Å². The Morgan fingerprint density at radius 1 is 1.18 bits per heavy atom. The number of hydrogen-bond donors (Lipinski definition) is 2. The quantitative estimate of drug-likeness (QED) is 0.727. The molecule has 0 fully saturated rings. The van der Waals surface area contributed by atoms with Crippen molar-refractivity contribution in [1.82, 2.24) is 5.16 Å². The van der Waals surface area contributed by atoms with Gasteiger partial charge in [-0.05, 0) is 43.7 Å². The number of carbonyl (C=O) groups is 1. The van der Waals surface area contributed by atoms with Gasteiger partial charge in [0.05, 0.1) is 12.1 Å². The minimum atomic E-state index is -0.252. The molecule has 112 valence electrons. The van der Waals surface area contributed by atoms with Gasteiger partial charge in [0.15, 0.2) is 5.58 Å². The first-order valence-corrected chi connectivity index (χ1v) is 6.97. The van der Waals surface area contributed by atoms with Crippen LogP contribution in [0.5, 0.6) is 5.75 Å². The van der Waals surface area contributed by atoms with E-state index in [4.69, 9.17) is 4.52 Å². The van der Waals surface area contributed by atoms with Gasteiger partial charge in [-0.1, -0.05) is 22.9 Å². The number of amides is 1. The Bertz CT molecular complexity index is 852. The molecule has 2 aromatic carbocycles. The van der Waals surface area contributed by atoms with Crippen molar-refractivity contribution < 1.29 is 14.4 Å². The third kappa shape index (κ3) is 2.79. The van der Waals surface area contributed by atoms with Crippen molar-refractivity contribution in [2.24, 2.45) is 0 Å². The zero-order chi connectivity index (χ0) is 15.7. The largest absolute Gasteiger partial charge is 0.506 e. The lowest BCUT2D eigenvalue weighted by atomic mass is 10.1. The van der Waals surface area contributed by atoms with Crippen molar-refractivity contribution in [2.75, 3.05) is 5.32 Å². The molecule has 2 N–H and O–H groups in total. The summed E-state index contributed by atoms with van der Waals surface area (Å²) in [4.78, 5) is 12.2. The van der Waals surface area contributed by atoms with Crippen LogP contribution in [0.3, 0.4) is 0 Å². The number of aryl methyl sites for hydroxylation is 2. The molecule has 1 amide bonds. The molecule has 5 nitrogen and oxygen atoms in total. The second-order valence-electron chi connectivity index (χ2n) is 5.37. The zero-order valence-corrected chi connectivity index (χ0v) is 12.4. The summed E-state index contributed by atoms with van der Waals surface area (Å²) in [5, 5.41) is 17.3. The fourth-order valence-electron chi connectivity index (χ4n) is 2.33. The molecule has 0 aliphatic carbocycles. The first-order valence-electron chi connectivity index (χ1n) is 6.97. The molecule has 0 atom stereocenters. The molecule has 0 spiro atoms. The van der Waals surface area contributed by atoms with Crippen LogP contribution in [0, 0.1) is 13.8 Å². The summed E-state index contributed by atoms with van der Waals surface area (Å²) in [5.74, 6) is -0.211. The SMILES string of the molecule is Cc1ccc(O)c(NC(=O)Cc2noc3ccc(C)cc23)c1. The predicted molar refractivity (Wildman–Crippen MR) is 83.9 cm³/mol. The molecule has 0 saturated carbocycles. The topological polar surface area (TPSA) is 75.4 Å². The summed E-state index contributed by atoms with van der Waals surface area (Å²) in [6.45, 7) is 3.87. The third-order valence-corrected chi connectivity index (χ3v) is 3.45. The first-order chi connectivity index (χ1) is 10.5. The number of aromatic hydroxyl groups is 1. The molecule has 0 aliphatic heterocycles. The number of hydrogen-bond acceptors (Lipinski definition) is 4. The highest BCUT2D eigenvalue weighted by Gasteiger charge is 2.14. The highest BCUT2D eigenvalue weighted by molar-refractivity contribution is 5.95. The standard InChI is InChI=1S/C17H16N2O3/c1-10-4-6-16-12(7-10)13(19-22-16)9-17(21)18-14-8-11(2)3-5-15(14)20/h3-8,20H,9H2,1-2H3,(H,18,21). The Morgan fingerprint density at radius 2 is 1.91 bits per heavy atom. The Kier molecular flexibility index (Phi) is 3.55. The summed E-state index contributed by atoms with van der Waals surface area (Å²) in [5.41, 5.74) is 3.67. The van der Waals surface area contributed by atoms with Gasteiger partial charge in [-0.15, -0.1) is 0 Å². The van der Waals surface area contributed by atoms with Crippen LogP contribution in [0.25, 0.3) is 11.0 Å². The number of anilines is 1. The number of aromatic nitrogens is 1. The van der Waals surface area contributed by atoms with Crippen LogP contribution in [-0.2, 0) is 11.2 Å². The van der Waals surface area contributed by atoms with Gasteiger partial charge < -0.3 is 14.9 Å². The Balaban J connectivity index is 1.81. The highest BCUT2D eigenvalue weighted by Crippen LogP contribution is 2.25. The summed E-state index contributed by atoms with van der Waals surface area (Å²) in [7, 11) is 0. The van der Waals surface area contributed by atoms with E-state index in [2.05, 4.69) is 10.5 Å². The molecule has 0 aliphatic rings. The number of nitrogens with one attached hydrogen (secondary N) is 1. The van der Waals surface area contributed by atoms with Crippen molar-refractivity contribution in [3.63, 3.8) is 0 Å². The Hall–Kier alpha value is -2.82. The molecule has 1 heterocycles. The fraction of sp³-hybridized carbons (Fsp3) is 0.176. The number of rotatable bonds is 3. The van der Waals surface area contributed by atoms with Gasteiger partial charge >= 0.3 is 0 Å². The average molecular weight is 296 g/mol. The van der Waals surface area contributed by atoms with Crippen LogP contribution in [0.15, 0.2) is 40.9 Å². The number of phenols is 1. The number of phenolic OH excluding ortho intramolecular Hbond substituents is 1. The van der Waals surface area contributed by atoms with Crippen molar-refractivity contribution in [3.8, 4) is 5.75 Å². The minimum absolute atomic E-state index is 0.0415. The van der Waals surface area contributed by atoms with Crippen LogP contribution in [0.4, 0.5) is 5.69 Å². The van der Waals surface area contributed by atoms with Crippen molar-refractivity contribution in [3.05, 3.63) is 53.2 Å². The maximum Gasteiger partial charge on any atom is 0.230 e. The van der Waals surface area contributed by atoms with E-state index >= 15 is 0 Å². The van der Waals surface area contributed by atoms with Crippen LogP contribution in [-0.4, -0.2) is 16.2 Å². The number of nitrogens with zero attached hydrogens (tertiary/aromatic N) is 1. The van der Waals surface area contributed by atoms with Crippen molar-refractivity contribution in [1.29, 1.82) is 0 Å². The minimum Gasteiger partial charge on any atom is -0.506 e. The van der Waals surface area contributed by atoms with E-state index in [1.54, 1.807) is 18.2 Å². The van der Waals surface area contributed by atoms with Gasteiger partial charge in [-0.25, -0.2) is 0 Å². The van der Waals surface area contributed by atoms with E-state index in [0.717, 1.165) is 16.5 Å². The lowest BCUT2D eigenvalue weighted by Crippen LogP contribution is -2.15. The van der Waals surface area contributed by atoms with Gasteiger partial charge in [0.1, 0.15) is 11.4 Å². The maximum absolute atomic E-state index is 12.2. The van der Waals surface area contributed by atoms with Crippen LogP contribution in [0.2, 0.25) is 0 Å². The maximum atomic E-state index is 12.2. The number of carbonyl (C=O) groups excluding carboxylic acids is 1. The van der Waals surface area contributed by atoms with E-state index in [-0.39, 0.29) is 18.1 Å². The first kappa shape index (κ1) is 14.1. The molecule has 3 rings (SSSR count). The van der Waals surface area contributed by atoms with E-state index < -0.39 is 0 Å². The smallest absolute Gasteiger partial charge is 0.230 e. The molecule has 0 bridgehead atoms. The molecule has 5 heteroatoms. The summed E-state index contributed by atoms with van der Waals surface area (Å²) in [6.07, 6.45) is 0.0871. The second kappa shape index (κ2) is 5.52. The molecule has 0 radical (unpaired) electrons. The second-order valence-corrected chi connectivity index (χ2v) is 5.37. The number of benzene rings is 2. The molecule has 1 aromatic heterocycles. The highest BCUT2D eigenvalue weighted by atomic mass is 16.5. The zero-order valence-electron chi connectivity index (χ0n) is 12.4. The molecule has 0 unspecified atom stereocenters. The molecule has 3 aromatic rings. The van der Waals surface area contributed by atoms with E-state index in [1.165, 1.54) is 0 Å². The van der Waals surface area contributed by atoms with Crippen LogP contribution < -0.4 is 5.32 Å². The normalized spacial score (nSPS) is 10.8. The predicted octanol–water partition coefficient (Wildman–Crippen LogP) is 3.33. The van der Waals surface area contributed by atoms with E-state index in [0.29, 0.717) is 17.0 Å². The Morgan fingerprint density at radius 3 is 2.73 bits per heavy atom. The van der Waals surface area contributed by atoms with E-state index in [1.807, 2.05) is 32.0 Å². The Labute approximate surface area is 127 Å². The summed E-state index contributed by atoms with van der Waals surface area (Å²) in [6, 6.07) is 10.8. The van der Waals surface area contributed by atoms with E-state index in [9.17, 15) is 9.90 Å². The lowest BCUT2D eigenvalue weighted by molar-refractivity contribution is -0.115. The van der Waals surface area contributed by atoms with Gasteiger partial charge in [0.2, 0.25) is 5.91 Å². The van der Waals surface area contributed by atoms with Crippen molar-refractivity contribution >= 4 is 22.6 Å². The fourth-order valence-corrected chi connectivity index (χ4v) is 2.33. The lowest BCUT2D eigenvalue weighted by Gasteiger charge is -2.07. The molecular weight excluding hydrogens is 280 g/mol. The third-order valence-electron chi connectivity index (χ3n) is 3.45. The van der Waals surface area contributed by atoms with Crippen LogP contribution >= 0.6 is 0 Å². The monoisotopic (exact) mass is 296 g/mol. The van der Waals surface area contributed by atoms with Crippen molar-refractivity contribution in [2.45, 2.75) is 20.3 Å².